The third-order valence-corrected chi connectivity index (χ3v) is 3.41. The zero-order valence-electron chi connectivity index (χ0n) is 12.3. The smallest absolute Gasteiger partial charge is 0.417 e. The van der Waals surface area contributed by atoms with Crippen LogP contribution in [0.5, 0.6) is 0 Å². The average Bonchev–Trinajstić information content (AvgIpc) is 3.05. The van der Waals surface area contributed by atoms with Gasteiger partial charge in [0.1, 0.15) is 5.69 Å². The van der Waals surface area contributed by atoms with Crippen LogP contribution in [0.4, 0.5) is 13.2 Å². The SMILES string of the molecule is Cc1nn(C(C)C)c2nc(-c3ccco3)cc(C(F)(F)F)c12. The van der Waals surface area contributed by atoms with Crippen LogP contribution in [0.3, 0.4) is 0 Å². The van der Waals surface area contributed by atoms with Crippen molar-refractivity contribution in [2.75, 3.05) is 0 Å². The molecule has 3 rings (SSSR count). The van der Waals surface area contributed by atoms with Crippen LogP contribution >= 0.6 is 0 Å². The highest BCUT2D eigenvalue weighted by Gasteiger charge is 2.36. The van der Waals surface area contributed by atoms with Gasteiger partial charge in [-0.15, -0.1) is 0 Å². The molecular formula is C15H14F3N3O. The summed E-state index contributed by atoms with van der Waals surface area (Å²) in [5.74, 6) is 0.293. The first-order valence-electron chi connectivity index (χ1n) is 6.80. The van der Waals surface area contributed by atoms with Crippen LogP contribution < -0.4 is 0 Å². The first kappa shape index (κ1) is 14.6. The van der Waals surface area contributed by atoms with E-state index in [4.69, 9.17) is 4.42 Å². The predicted octanol–water partition coefficient (Wildman–Crippen LogP) is 4.60. The third-order valence-electron chi connectivity index (χ3n) is 3.41. The summed E-state index contributed by atoms with van der Waals surface area (Å²) in [6.45, 7) is 5.26. The molecule has 0 spiro atoms. The van der Waals surface area contributed by atoms with Crippen molar-refractivity contribution in [3.8, 4) is 11.5 Å². The molecule has 0 saturated carbocycles. The number of fused-ring (bicyclic) bond motifs is 1. The Morgan fingerprint density at radius 2 is 2.00 bits per heavy atom. The van der Waals surface area contributed by atoms with Gasteiger partial charge in [0.25, 0.3) is 0 Å². The number of halogens is 3. The van der Waals surface area contributed by atoms with Gasteiger partial charge in [0.15, 0.2) is 11.4 Å². The van der Waals surface area contributed by atoms with Crippen molar-refractivity contribution in [2.24, 2.45) is 0 Å². The number of aromatic nitrogens is 3. The molecule has 0 fully saturated rings. The molecule has 0 radical (unpaired) electrons. The zero-order valence-corrected chi connectivity index (χ0v) is 12.3. The molecule has 0 aliphatic heterocycles. The summed E-state index contributed by atoms with van der Waals surface area (Å²) in [7, 11) is 0. The summed E-state index contributed by atoms with van der Waals surface area (Å²) in [5, 5.41) is 4.25. The zero-order chi connectivity index (χ0) is 16.1. The number of rotatable bonds is 2. The van der Waals surface area contributed by atoms with Crippen LogP contribution in [0.1, 0.15) is 31.1 Å². The molecule has 3 aromatic rings. The van der Waals surface area contributed by atoms with E-state index in [1.807, 2.05) is 13.8 Å². The molecule has 0 saturated heterocycles. The van der Waals surface area contributed by atoms with Crippen molar-refractivity contribution in [1.82, 2.24) is 14.8 Å². The van der Waals surface area contributed by atoms with Gasteiger partial charge in [0.2, 0.25) is 0 Å². The molecule has 0 amide bonds. The summed E-state index contributed by atoms with van der Waals surface area (Å²) in [4.78, 5) is 4.34. The van der Waals surface area contributed by atoms with E-state index in [2.05, 4.69) is 10.1 Å². The Morgan fingerprint density at radius 3 is 2.55 bits per heavy atom. The number of nitrogens with zero attached hydrogens (tertiary/aromatic N) is 3. The van der Waals surface area contributed by atoms with E-state index in [0.29, 0.717) is 11.5 Å². The lowest BCUT2D eigenvalue weighted by atomic mass is 10.1. The Kier molecular flexibility index (Phi) is 3.23. The molecule has 0 unspecified atom stereocenters. The Bertz CT molecular complexity index is 817. The molecule has 0 N–H and O–H groups in total. The highest BCUT2D eigenvalue weighted by molar-refractivity contribution is 5.85. The fraction of sp³-hybridized carbons (Fsp3) is 0.333. The minimum Gasteiger partial charge on any atom is -0.463 e. The molecule has 4 nitrogen and oxygen atoms in total. The fourth-order valence-electron chi connectivity index (χ4n) is 2.45. The van der Waals surface area contributed by atoms with Gasteiger partial charge < -0.3 is 4.42 Å². The Balaban J connectivity index is 2.40. The van der Waals surface area contributed by atoms with Gasteiger partial charge in [0.05, 0.1) is 22.9 Å². The van der Waals surface area contributed by atoms with E-state index in [9.17, 15) is 13.2 Å². The van der Waals surface area contributed by atoms with Crippen LogP contribution in [-0.4, -0.2) is 14.8 Å². The summed E-state index contributed by atoms with van der Waals surface area (Å²) in [6.07, 6.45) is -3.09. The van der Waals surface area contributed by atoms with Crippen molar-refractivity contribution < 1.29 is 17.6 Å². The molecular weight excluding hydrogens is 295 g/mol. The number of hydrogen-bond donors (Lipinski definition) is 0. The Morgan fingerprint density at radius 1 is 1.27 bits per heavy atom. The van der Waals surface area contributed by atoms with E-state index >= 15 is 0 Å². The average molecular weight is 309 g/mol. The number of aryl methyl sites for hydroxylation is 1. The summed E-state index contributed by atoms with van der Waals surface area (Å²) in [5.41, 5.74) is -0.0665. The quantitative estimate of drug-likeness (QED) is 0.695. The second-order valence-corrected chi connectivity index (χ2v) is 5.35. The van der Waals surface area contributed by atoms with Gasteiger partial charge in [-0.25, -0.2) is 9.67 Å². The maximum Gasteiger partial charge on any atom is 0.417 e. The van der Waals surface area contributed by atoms with Crippen molar-refractivity contribution in [1.29, 1.82) is 0 Å². The van der Waals surface area contributed by atoms with Crippen molar-refractivity contribution in [2.45, 2.75) is 33.0 Å². The summed E-state index contributed by atoms with van der Waals surface area (Å²) >= 11 is 0. The minimum absolute atomic E-state index is 0.0384. The lowest BCUT2D eigenvalue weighted by Crippen LogP contribution is -2.08. The molecule has 0 aliphatic carbocycles. The van der Waals surface area contributed by atoms with Crippen LogP contribution in [0.25, 0.3) is 22.5 Å². The van der Waals surface area contributed by atoms with Gasteiger partial charge in [0, 0.05) is 6.04 Å². The molecule has 116 valence electrons. The maximum absolute atomic E-state index is 13.4. The Hall–Kier alpha value is -2.31. The summed E-state index contributed by atoms with van der Waals surface area (Å²) in [6, 6.07) is 4.11. The number of furan rings is 1. The number of hydrogen-bond acceptors (Lipinski definition) is 3. The van der Waals surface area contributed by atoms with Gasteiger partial charge >= 0.3 is 6.18 Å². The van der Waals surface area contributed by atoms with E-state index < -0.39 is 11.7 Å². The van der Waals surface area contributed by atoms with E-state index in [1.54, 1.807) is 19.1 Å². The largest absolute Gasteiger partial charge is 0.463 e. The number of pyridine rings is 1. The molecule has 0 aromatic carbocycles. The first-order valence-corrected chi connectivity index (χ1v) is 6.80. The third kappa shape index (κ3) is 2.26. The van der Waals surface area contributed by atoms with Gasteiger partial charge in [-0.3, -0.25) is 0 Å². The topological polar surface area (TPSA) is 43.9 Å². The van der Waals surface area contributed by atoms with Crippen molar-refractivity contribution in [3.05, 3.63) is 35.7 Å². The van der Waals surface area contributed by atoms with Crippen LogP contribution in [0, 0.1) is 6.92 Å². The van der Waals surface area contributed by atoms with E-state index in [-0.39, 0.29) is 22.8 Å². The van der Waals surface area contributed by atoms with Gasteiger partial charge in [-0.05, 0) is 39.0 Å². The highest BCUT2D eigenvalue weighted by Crippen LogP contribution is 2.38. The fourth-order valence-corrected chi connectivity index (χ4v) is 2.45. The van der Waals surface area contributed by atoms with Crippen LogP contribution in [-0.2, 0) is 6.18 Å². The van der Waals surface area contributed by atoms with Crippen LogP contribution in [0.2, 0.25) is 0 Å². The van der Waals surface area contributed by atoms with Crippen molar-refractivity contribution >= 4 is 11.0 Å². The van der Waals surface area contributed by atoms with Crippen LogP contribution in [0.15, 0.2) is 28.9 Å². The van der Waals surface area contributed by atoms with Crippen molar-refractivity contribution in [3.63, 3.8) is 0 Å². The maximum atomic E-state index is 13.4. The molecule has 22 heavy (non-hydrogen) atoms. The van der Waals surface area contributed by atoms with E-state index in [1.165, 1.54) is 10.9 Å². The summed E-state index contributed by atoms with van der Waals surface area (Å²) < 4.78 is 47.0. The predicted molar refractivity (Wildman–Crippen MR) is 75.4 cm³/mol. The second-order valence-electron chi connectivity index (χ2n) is 5.35. The molecule has 3 heterocycles. The van der Waals surface area contributed by atoms with Gasteiger partial charge in [-0.2, -0.15) is 18.3 Å². The lowest BCUT2D eigenvalue weighted by molar-refractivity contribution is -0.136. The molecule has 0 aliphatic rings. The van der Waals surface area contributed by atoms with Gasteiger partial charge in [-0.1, -0.05) is 0 Å². The number of alkyl halides is 3. The van der Waals surface area contributed by atoms with E-state index in [0.717, 1.165) is 6.07 Å². The monoisotopic (exact) mass is 309 g/mol. The lowest BCUT2D eigenvalue weighted by Gasteiger charge is -2.11. The second kappa shape index (κ2) is 4.86. The molecule has 0 bridgehead atoms. The highest BCUT2D eigenvalue weighted by atomic mass is 19.4. The minimum atomic E-state index is -4.49. The molecule has 3 aromatic heterocycles. The molecule has 7 heteroatoms. The molecule has 0 atom stereocenters. The standard InChI is InChI=1S/C15H14F3N3O/c1-8(2)21-14-13(9(3)20-21)10(15(16,17)18)7-11(19-14)12-5-4-6-22-12/h4-8H,1-3H3. The first-order chi connectivity index (χ1) is 10.3. The normalized spacial score (nSPS) is 12.5. The Labute approximate surface area is 124 Å².